The summed E-state index contributed by atoms with van der Waals surface area (Å²) in [7, 11) is 1.49. The van der Waals surface area contributed by atoms with E-state index < -0.39 is 0 Å². The number of halogens is 1. The van der Waals surface area contributed by atoms with E-state index in [2.05, 4.69) is 5.16 Å². The molecule has 1 heterocycles. The topological polar surface area (TPSA) is 61.3 Å². The minimum absolute atomic E-state index is 0.259. The van der Waals surface area contributed by atoms with Crippen LogP contribution in [0.1, 0.15) is 5.56 Å². The smallest absolute Gasteiger partial charge is 0.169 e. The van der Waals surface area contributed by atoms with E-state index in [0.717, 1.165) is 0 Å². The number of aromatic nitrogens is 1. The monoisotopic (exact) mass is 222 g/mol. The van der Waals surface area contributed by atoms with Crippen LogP contribution in [-0.2, 0) is 0 Å². The largest absolute Gasteiger partial charge is 0.496 e. The van der Waals surface area contributed by atoms with Gasteiger partial charge < -0.3 is 15.0 Å². The van der Waals surface area contributed by atoms with Gasteiger partial charge >= 0.3 is 0 Å². The van der Waals surface area contributed by atoms with Gasteiger partial charge in [0.25, 0.3) is 0 Å². The summed E-state index contributed by atoms with van der Waals surface area (Å²) in [5.41, 5.74) is 6.43. The highest BCUT2D eigenvalue weighted by Crippen LogP contribution is 2.29. The molecular formula is C11H11FN2O2. The molecule has 0 amide bonds. The number of nitrogens with two attached hydrogens (primary N) is 1. The van der Waals surface area contributed by atoms with Gasteiger partial charge in [-0.3, -0.25) is 0 Å². The summed E-state index contributed by atoms with van der Waals surface area (Å²) < 4.78 is 23.6. The van der Waals surface area contributed by atoms with E-state index in [-0.39, 0.29) is 11.6 Å². The number of hydrogen-bond donors (Lipinski definition) is 1. The number of nitrogens with zero attached hydrogens (tertiary/aromatic N) is 1. The Morgan fingerprint density at radius 2 is 2.12 bits per heavy atom. The lowest BCUT2D eigenvalue weighted by Crippen LogP contribution is -1.92. The molecule has 0 spiro atoms. The molecular weight excluding hydrogens is 211 g/mol. The molecule has 16 heavy (non-hydrogen) atoms. The Hall–Kier alpha value is -2.04. The second kappa shape index (κ2) is 3.84. The lowest BCUT2D eigenvalue weighted by Gasteiger charge is -2.07. The fourth-order valence-electron chi connectivity index (χ4n) is 1.43. The number of hydrogen-bond acceptors (Lipinski definition) is 4. The van der Waals surface area contributed by atoms with E-state index >= 15 is 0 Å². The molecule has 0 saturated heterocycles. The zero-order valence-corrected chi connectivity index (χ0v) is 8.95. The maximum atomic E-state index is 13.5. The van der Waals surface area contributed by atoms with Gasteiger partial charge in [-0.05, 0) is 19.1 Å². The van der Waals surface area contributed by atoms with Gasteiger partial charge in [-0.15, -0.1) is 0 Å². The number of ether oxygens (including phenoxy) is 1. The third-order valence-corrected chi connectivity index (χ3v) is 2.33. The van der Waals surface area contributed by atoms with Gasteiger partial charge in [0.05, 0.1) is 7.11 Å². The molecule has 0 fully saturated rings. The summed E-state index contributed by atoms with van der Waals surface area (Å²) in [6.07, 6.45) is 0. The van der Waals surface area contributed by atoms with Crippen LogP contribution in [0.3, 0.4) is 0 Å². The van der Waals surface area contributed by atoms with Gasteiger partial charge in [-0.25, -0.2) is 4.39 Å². The summed E-state index contributed by atoms with van der Waals surface area (Å²) in [6.45, 7) is 1.65. The van der Waals surface area contributed by atoms with E-state index in [1.807, 2.05) is 0 Å². The highest BCUT2D eigenvalue weighted by Gasteiger charge is 2.11. The zero-order valence-electron chi connectivity index (χ0n) is 8.95. The average Bonchev–Trinajstić information content (AvgIpc) is 2.69. The van der Waals surface area contributed by atoms with Gasteiger partial charge in [-0.2, -0.15) is 0 Å². The molecule has 1 aromatic heterocycles. The van der Waals surface area contributed by atoms with Gasteiger partial charge in [0.1, 0.15) is 11.6 Å². The normalized spacial score (nSPS) is 10.4. The Kier molecular flexibility index (Phi) is 2.52. The third kappa shape index (κ3) is 1.71. The Morgan fingerprint density at radius 1 is 1.38 bits per heavy atom. The van der Waals surface area contributed by atoms with E-state index in [1.165, 1.54) is 19.2 Å². The molecule has 2 N–H and O–H groups in total. The van der Waals surface area contributed by atoms with Crippen LogP contribution in [0.5, 0.6) is 5.75 Å². The number of nitrogen functional groups attached to an aromatic ring is 1. The van der Waals surface area contributed by atoms with Gasteiger partial charge in [-0.1, -0.05) is 5.16 Å². The van der Waals surface area contributed by atoms with E-state index in [1.54, 1.807) is 13.0 Å². The highest BCUT2D eigenvalue weighted by molar-refractivity contribution is 5.63. The molecule has 2 aromatic rings. The molecule has 0 atom stereocenters. The summed E-state index contributed by atoms with van der Waals surface area (Å²) >= 11 is 0. The lowest BCUT2D eigenvalue weighted by atomic mass is 10.1. The van der Waals surface area contributed by atoms with Crippen molar-refractivity contribution < 1.29 is 13.7 Å². The quantitative estimate of drug-likeness (QED) is 0.847. The second-order valence-electron chi connectivity index (χ2n) is 3.40. The van der Waals surface area contributed by atoms with Crippen LogP contribution >= 0.6 is 0 Å². The second-order valence-corrected chi connectivity index (χ2v) is 3.40. The Bertz CT molecular complexity index is 523. The third-order valence-electron chi connectivity index (χ3n) is 2.33. The van der Waals surface area contributed by atoms with Crippen molar-refractivity contribution in [3.63, 3.8) is 0 Å². The Balaban J connectivity index is 2.54. The van der Waals surface area contributed by atoms with Crippen molar-refractivity contribution >= 4 is 5.82 Å². The molecule has 0 saturated carbocycles. The number of anilines is 1. The van der Waals surface area contributed by atoms with E-state index in [0.29, 0.717) is 22.6 Å². The molecule has 0 unspecified atom stereocenters. The van der Waals surface area contributed by atoms with Crippen LogP contribution < -0.4 is 10.5 Å². The fraction of sp³-hybridized carbons (Fsp3) is 0.182. The highest BCUT2D eigenvalue weighted by atomic mass is 19.1. The van der Waals surface area contributed by atoms with Gasteiger partial charge in [0.15, 0.2) is 11.6 Å². The zero-order chi connectivity index (χ0) is 11.7. The molecule has 5 heteroatoms. The molecule has 84 valence electrons. The van der Waals surface area contributed by atoms with E-state index in [9.17, 15) is 4.39 Å². The fourth-order valence-corrected chi connectivity index (χ4v) is 1.43. The average molecular weight is 222 g/mol. The molecule has 2 rings (SSSR count). The summed E-state index contributed by atoms with van der Waals surface area (Å²) in [4.78, 5) is 0. The van der Waals surface area contributed by atoms with Crippen molar-refractivity contribution in [2.45, 2.75) is 6.92 Å². The predicted molar refractivity (Wildman–Crippen MR) is 57.6 cm³/mol. The standard InChI is InChI=1S/C11H11FN2O2/c1-6-8(12)3-7(4-9(6)15-2)10-5-11(13)14-16-10/h3-5H,1-2H3,(H2,13,14). The number of methoxy groups -OCH3 is 1. The SMILES string of the molecule is COc1cc(-c2cc(N)no2)cc(F)c1C. The van der Waals surface area contributed by atoms with Crippen molar-refractivity contribution in [2.75, 3.05) is 12.8 Å². The maximum Gasteiger partial charge on any atom is 0.169 e. The van der Waals surface area contributed by atoms with Crippen molar-refractivity contribution in [3.8, 4) is 17.1 Å². The molecule has 0 aliphatic carbocycles. The molecule has 0 aliphatic rings. The van der Waals surface area contributed by atoms with Crippen LogP contribution in [0.4, 0.5) is 10.2 Å². The van der Waals surface area contributed by atoms with Gasteiger partial charge in [0.2, 0.25) is 0 Å². The summed E-state index contributed by atoms with van der Waals surface area (Å²) in [6, 6.07) is 4.57. The van der Waals surface area contributed by atoms with Crippen LogP contribution in [0.2, 0.25) is 0 Å². The minimum atomic E-state index is -0.357. The Labute approximate surface area is 91.8 Å². The van der Waals surface area contributed by atoms with Crippen molar-refractivity contribution in [1.29, 1.82) is 0 Å². The first kappa shape index (κ1) is 10.5. The minimum Gasteiger partial charge on any atom is -0.496 e. The van der Waals surface area contributed by atoms with Gasteiger partial charge in [0, 0.05) is 17.2 Å². The van der Waals surface area contributed by atoms with E-state index in [4.69, 9.17) is 15.0 Å². The van der Waals surface area contributed by atoms with Crippen LogP contribution in [0, 0.1) is 12.7 Å². The van der Waals surface area contributed by atoms with Crippen molar-refractivity contribution in [1.82, 2.24) is 5.16 Å². The maximum absolute atomic E-state index is 13.5. The van der Waals surface area contributed by atoms with Crippen LogP contribution in [-0.4, -0.2) is 12.3 Å². The predicted octanol–water partition coefficient (Wildman–Crippen LogP) is 2.38. The Morgan fingerprint density at radius 3 is 2.69 bits per heavy atom. The first-order valence-electron chi connectivity index (χ1n) is 4.68. The first-order valence-corrected chi connectivity index (χ1v) is 4.68. The lowest BCUT2D eigenvalue weighted by molar-refractivity contribution is 0.406. The van der Waals surface area contributed by atoms with Crippen LogP contribution in [0.15, 0.2) is 22.7 Å². The first-order chi connectivity index (χ1) is 7.61. The molecule has 0 bridgehead atoms. The van der Waals surface area contributed by atoms with Crippen LogP contribution in [0.25, 0.3) is 11.3 Å². The molecule has 0 radical (unpaired) electrons. The van der Waals surface area contributed by atoms with Crippen molar-refractivity contribution in [2.24, 2.45) is 0 Å². The van der Waals surface area contributed by atoms with Crippen molar-refractivity contribution in [3.05, 3.63) is 29.6 Å². The summed E-state index contributed by atoms with van der Waals surface area (Å²) in [5, 5.41) is 3.54. The molecule has 4 nitrogen and oxygen atoms in total. The molecule has 1 aromatic carbocycles. The summed E-state index contributed by atoms with van der Waals surface area (Å²) in [5.74, 6) is 0.777. The number of rotatable bonds is 2. The molecule has 0 aliphatic heterocycles. The number of benzene rings is 1.